The van der Waals surface area contributed by atoms with Crippen molar-refractivity contribution >= 4 is 29.3 Å². The fraction of sp³-hybridized carbons (Fsp3) is 0.375. The van der Waals surface area contributed by atoms with Gasteiger partial charge in [0, 0.05) is 23.7 Å². The van der Waals surface area contributed by atoms with Crippen LogP contribution in [-0.2, 0) is 4.79 Å². The number of rotatable bonds is 2. The first-order valence-corrected chi connectivity index (χ1v) is 11.2. The van der Waals surface area contributed by atoms with E-state index in [-0.39, 0.29) is 36.9 Å². The quantitative estimate of drug-likeness (QED) is 0.699. The number of nitrogens with zero attached hydrogens (tertiary/aromatic N) is 1. The minimum absolute atomic E-state index is 0.0756. The van der Waals surface area contributed by atoms with Gasteiger partial charge in [0.15, 0.2) is 0 Å². The first-order chi connectivity index (χ1) is 15.9. The zero-order chi connectivity index (χ0) is 23.8. The Hall–Kier alpha value is -3.26. The highest BCUT2D eigenvalue weighted by Crippen LogP contribution is 2.23. The van der Waals surface area contributed by atoms with E-state index in [1.165, 1.54) is 4.90 Å². The molecule has 1 heterocycles. The minimum Gasteiger partial charge on any atom is -0.497 e. The van der Waals surface area contributed by atoms with Gasteiger partial charge in [0.25, 0.3) is 11.8 Å². The molecule has 3 rings (SSSR count). The summed E-state index contributed by atoms with van der Waals surface area (Å²) in [5.41, 5.74) is 0.811. The van der Waals surface area contributed by atoms with Crippen LogP contribution in [0.1, 0.15) is 40.5 Å². The van der Waals surface area contributed by atoms with E-state index in [0.29, 0.717) is 53.6 Å². The summed E-state index contributed by atoms with van der Waals surface area (Å²) >= 11 is 6.06. The second-order valence-corrected chi connectivity index (χ2v) is 8.27. The maximum atomic E-state index is 13.1. The Bertz CT molecular complexity index is 996. The van der Waals surface area contributed by atoms with Crippen LogP contribution in [0.15, 0.2) is 42.5 Å². The largest absolute Gasteiger partial charge is 0.497 e. The summed E-state index contributed by atoms with van der Waals surface area (Å²) in [5, 5.41) is 6.15. The van der Waals surface area contributed by atoms with E-state index in [1.807, 2.05) is 0 Å². The predicted octanol–water partition coefficient (Wildman–Crippen LogP) is 2.90. The summed E-state index contributed by atoms with van der Waals surface area (Å²) in [6, 6.07) is 11.3. The maximum absolute atomic E-state index is 13.1. The number of hydrogen-bond acceptors (Lipinski definition) is 5. The van der Waals surface area contributed by atoms with Gasteiger partial charge in [-0.1, -0.05) is 11.6 Å². The third-order valence-corrected chi connectivity index (χ3v) is 5.42. The number of hydrogen-bond donors (Lipinski definition) is 2. The molecule has 0 spiro atoms. The summed E-state index contributed by atoms with van der Waals surface area (Å²) in [4.78, 5) is 39.9. The van der Waals surface area contributed by atoms with Crippen LogP contribution in [0, 0.1) is 0 Å². The Morgan fingerprint density at radius 1 is 1.15 bits per heavy atom. The summed E-state index contributed by atoms with van der Waals surface area (Å²) < 4.78 is 10.9. The minimum atomic E-state index is -0.341. The fourth-order valence-corrected chi connectivity index (χ4v) is 3.62. The number of amides is 3. The normalized spacial score (nSPS) is 18.0. The summed E-state index contributed by atoms with van der Waals surface area (Å²) in [6.07, 6.45) is 1.25. The molecule has 3 amide bonds. The molecule has 0 fully saturated rings. The zero-order valence-electron chi connectivity index (χ0n) is 18.7. The van der Waals surface area contributed by atoms with E-state index in [2.05, 4.69) is 10.6 Å². The molecular formula is C24H28ClN3O5. The smallest absolute Gasteiger partial charge is 0.255 e. The van der Waals surface area contributed by atoms with E-state index in [4.69, 9.17) is 21.1 Å². The molecule has 0 saturated carbocycles. The number of benzene rings is 2. The molecular weight excluding hydrogens is 446 g/mol. The van der Waals surface area contributed by atoms with Gasteiger partial charge < -0.3 is 25.0 Å². The number of carbonyl (C=O) groups is 3. The molecule has 176 valence electrons. The lowest BCUT2D eigenvalue weighted by molar-refractivity contribution is -0.122. The lowest BCUT2D eigenvalue weighted by Gasteiger charge is -2.23. The van der Waals surface area contributed by atoms with Gasteiger partial charge in [-0.2, -0.15) is 0 Å². The molecule has 2 N–H and O–H groups in total. The molecule has 0 unspecified atom stereocenters. The summed E-state index contributed by atoms with van der Waals surface area (Å²) in [5.74, 6) is 0.225. The third kappa shape index (κ3) is 6.86. The highest BCUT2D eigenvalue weighted by Gasteiger charge is 2.21. The number of methoxy groups -OCH3 is 1. The van der Waals surface area contributed by atoms with E-state index >= 15 is 0 Å². The average molecular weight is 474 g/mol. The number of halogens is 1. The van der Waals surface area contributed by atoms with Crippen LogP contribution in [0.2, 0.25) is 5.02 Å². The average Bonchev–Trinajstić information content (AvgIpc) is 2.81. The van der Waals surface area contributed by atoms with Gasteiger partial charge in [-0.25, -0.2) is 0 Å². The molecule has 0 aromatic heterocycles. The first-order valence-electron chi connectivity index (χ1n) is 10.8. The standard InChI is InChI=1S/C24H28ClN3O5/c1-16-15-33-21-10-7-18(25)13-20(21)23(30)26-11-3-4-12-28(14-22(29)27-16)24(31)17-5-8-19(32-2)9-6-17/h5-10,13,16H,3-4,11-12,14-15H2,1-2H3,(H,26,30)(H,27,29)/t16-/m0/s1. The van der Waals surface area contributed by atoms with Crippen LogP contribution >= 0.6 is 11.6 Å². The lowest BCUT2D eigenvalue weighted by atomic mass is 10.1. The SMILES string of the molecule is COc1ccc(C(=O)N2CCCCNC(=O)c3cc(Cl)ccc3OC[C@H](C)NC(=O)C2)cc1. The Labute approximate surface area is 198 Å². The number of nitrogens with one attached hydrogen (secondary N) is 2. The van der Waals surface area contributed by atoms with E-state index < -0.39 is 0 Å². The fourth-order valence-electron chi connectivity index (χ4n) is 3.45. The van der Waals surface area contributed by atoms with Crippen LogP contribution < -0.4 is 20.1 Å². The van der Waals surface area contributed by atoms with E-state index in [0.717, 1.165) is 0 Å². The van der Waals surface area contributed by atoms with Gasteiger partial charge in [0.05, 0.1) is 25.3 Å². The van der Waals surface area contributed by atoms with Crippen LogP contribution in [0.4, 0.5) is 0 Å². The molecule has 2 aromatic carbocycles. The van der Waals surface area contributed by atoms with Gasteiger partial charge in [0.1, 0.15) is 18.1 Å². The molecule has 33 heavy (non-hydrogen) atoms. The van der Waals surface area contributed by atoms with Crippen molar-refractivity contribution in [1.82, 2.24) is 15.5 Å². The van der Waals surface area contributed by atoms with Gasteiger partial charge in [-0.05, 0) is 62.2 Å². The summed E-state index contributed by atoms with van der Waals surface area (Å²) in [6.45, 7) is 2.66. The van der Waals surface area contributed by atoms with Crippen molar-refractivity contribution in [3.63, 3.8) is 0 Å². The van der Waals surface area contributed by atoms with Crippen molar-refractivity contribution in [3.8, 4) is 11.5 Å². The summed E-state index contributed by atoms with van der Waals surface area (Å²) in [7, 11) is 1.56. The predicted molar refractivity (Wildman–Crippen MR) is 125 cm³/mol. The Kier molecular flexibility index (Phi) is 8.54. The second kappa shape index (κ2) is 11.6. The topological polar surface area (TPSA) is 97.0 Å². The van der Waals surface area contributed by atoms with Crippen LogP contribution in [0.3, 0.4) is 0 Å². The Morgan fingerprint density at radius 2 is 1.91 bits per heavy atom. The highest BCUT2D eigenvalue weighted by molar-refractivity contribution is 6.31. The third-order valence-electron chi connectivity index (χ3n) is 5.18. The van der Waals surface area contributed by atoms with Crippen molar-refractivity contribution < 1.29 is 23.9 Å². The maximum Gasteiger partial charge on any atom is 0.255 e. The molecule has 1 aliphatic heterocycles. The van der Waals surface area contributed by atoms with Crippen LogP contribution in [0.5, 0.6) is 11.5 Å². The molecule has 9 heteroatoms. The van der Waals surface area contributed by atoms with Gasteiger partial charge >= 0.3 is 0 Å². The second-order valence-electron chi connectivity index (χ2n) is 7.84. The molecule has 2 aromatic rings. The van der Waals surface area contributed by atoms with Crippen molar-refractivity contribution in [1.29, 1.82) is 0 Å². The van der Waals surface area contributed by atoms with Crippen LogP contribution in [-0.4, -0.2) is 62.0 Å². The van der Waals surface area contributed by atoms with Gasteiger partial charge in [0.2, 0.25) is 5.91 Å². The number of carbonyl (C=O) groups excluding carboxylic acids is 3. The van der Waals surface area contributed by atoms with Crippen molar-refractivity contribution in [2.45, 2.75) is 25.8 Å². The van der Waals surface area contributed by atoms with Crippen molar-refractivity contribution in [2.75, 3.05) is 33.4 Å². The van der Waals surface area contributed by atoms with E-state index in [9.17, 15) is 14.4 Å². The highest BCUT2D eigenvalue weighted by atomic mass is 35.5. The Morgan fingerprint density at radius 3 is 2.64 bits per heavy atom. The molecule has 8 nitrogen and oxygen atoms in total. The van der Waals surface area contributed by atoms with Gasteiger partial charge in [-0.3, -0.25) is 14.4 Å². The van der Waals surface area contributed by atoms with Crippen LogP contribution in [0.25, 0.3) is 0 Å². The van der Waals surface area contributed by atoms with Crippen molar-refractivity contribution in [3.05, 3.63) is 58.6 Å². The molecule has 0 bridgehead atoms. The molecule has 1 atom stereocenters. The Balaban J connectivity index is 1.74. The zero-order valence-corrected chi connectivity index (χ0v) is 19.5. The van der Waals surface area contributed by atoms with E-state index in [1.54, 1.807) is 56.5 Å². The monoisotopic (exact) mass is 473 g/mol. The van der Waals surface area contributed by atoms with Crippen molar-refractivity contribution in [2.24, 2.45) is 0 Å². The lowest BCUT2D eigenvalue weighted by Crippen LogP contribution is -2.45. The first kappa shape index (κ1) is 24.4. The molecule has 1 aliphatic rings. The van der Waals surface area contributed by atoms with Gasteiger partial charge in [-0.15, -0.1) is 0 Å². The molecule has 0 saturated heterocycles. The molecule has 0 radical (unpaired) electrons. The molecule has 0 aliphatic carbocycles. The number of ether oxygens (including phenoxy) is 2. The number of fused-ring (bicyclic) bond motifs is 1.